The first-order valence-corrected chi connectivity index (χ1v) is 6.07. The molecule has 0 spiro atoms. The molecule has 1 aromatic carbocycles. The minimum Gasteiger partial charge on any atom is -0.328 e. The molecule has 18 heavy (non-hydrogen) atoms. The van der Waals surface area contributed by atoms with E-state index < -0.39 is 0 Å². The van der Waals surface area contributed by atoms with Crippen LogP contribution in [0.25, 0.3) is 11.0 Å². The standard InChI is InChI=1S/C15H15N3/c16-11-14(12-5-2-1-3-6-12)18-10-8-13-7-4-9-17-15(13)18/h1-10,14H,11,16H2. The normalized spacial score (nSPS) is 12.7. The van der Waals surface area contributed by atoms with Crippen LogP contribution in [0.1, 0.15) is 11.6 Å². The third kappa shape index (κ3) is 1.79. The molecule has 0 saturated carbocycles. The SMILES string of the molecule is NCC(c1ccccc1)n1ccc2cccnc21. The van der Waals surface area contributed by atoms with E-state index in [0.717, 1.165) is 11.0 Å². The van der Waals surface area contributed by atoms with Gasteiger partial charge in [-0.25, -0.2) is 4.98 Å². The monoisotopic (exact) mass is 237 g/mol. The first-order chi connectivity index (χ1) is 8.90. The highest BCUT2D eigenvalue weighted by molar-refractivity contribution is 5.76. The summed E-state index contributed by atoms with van der Waals surface area (Å²) in [6.07, 6.45) is 3.87. The Kier molecular flexibility index (Phi) is 2.82. The Balaban J connectivity index is 2.12. The molecule has 0 aliphatic rings. The van der Waals surface area contributed by atoms with Crippen LogP contribution < -0.4 is 5.73 Å². The highest BCUT2D eigenvalue weighted by Gasteiger charge is 2.13. The summed E-state index contributed by atoms with van der Waals surface area (Å²) in [6.45, 7) is 0.560. The van der Waals surface area contributed by atoms with Gasteiger partial charge in [0, 0.05) is 24.3 Å². The van der Waals surface area contributed by atoms with E-state index in [2.05, 4.69) is 40.0 Å². The van der Waals surface area contributed by atoms with Gasteiger partial charge in [-0.05, 0) is 23.8 Å². The number of nitrogens with zero attached hydrogens (tertiary/aromatic N) is 2. The molecule has 3 rings (SSSR count). The Hall–Kier alpha value is -2.13. The number of pyridine rings is 1. The molecule has 0 saturated heterocycles. The number of benzene rings is 1. The summed E-state index contributed by atoms with van der Waals surface area (Å²) in [6, 6.07) is 16.5. The molecule has 2 N–H and O–H groups in total. The van der Waals surface area contributed by atoms with Crippen molar-refractivity contribution in [2.45, 2.75) is 6.04 Å². The third-order valence-corrected chi connectivity index (χ3v) is 3.22. The Labute approximate surface area is 106 Å². The van der Waals surface area contributed by atoms with E-state index >= 15 is 0 Å². The molecule has 0 bridgehead atoms. The van der Waals surface area contributed by atoms with Crippen molar-refractivity contribution in [2.24, 2.45) is 5.73 Å². The van der Waals surface area contributed by atoms with Gasteiger partial charge in [0.1, 0.15) is 5.65 Å². The van der Waals surface area contributed by atoms with Crippen molar-refractivity contribution in [3.8, 4) is 0 Å². The number of rotatable bonds is 3. The summed E-state index contributed by atoms with van der Waals surface area (Å²) in [5, 5.41) is 1.15. The summed E-state index contributed by atoms with van der Waals surface area (Å²) >= 11 is 0. The molecular formula is C15H15N3. The second-order valence-corrected chi connectivity index (χ2v) is 4.30. The molecule has 0 aliphatic heterocycles. The fourth-order valence-electron chi connectivity index (χ4n) is 2.32. The van der Waals surface area contributed by atoms with E-state index in [1.165, 1.54) is 5.56 Å². The fourth-order valence-corrected chi connectivity index (χ4v) is 2.32. The lowest BCUT2D eigenvalue weighted by Crippen LogP contribution is -2.19. The predicted molar refractivity (Wildman–Crippen MR) is 73.4 cm³/mol. The zero-order valence-electron chi connectivity index (χ0n) is 10.0. The van der Waals surface area contributed by atoms with Gasteiger partial charge in [0.2, 0.25) is 0 Å². The quantitative estimate of drug-likeness (QED) is 0.761. The highest BCUT2D eigenvalue weighted by atomic mass is 15.1. The minimum absolute atomic E-state index is 0.138. The van der Waals surface area contributed by atoms with Gasteiger partial charge in [0.05, 0.1) is 6.04 Å². The molecule has 0 radical (unpaired) electrons. The Morgan fingerprint density at radius 1 is 1.06 bits per heavy atom. The van der Waals surface area contributed by atoms with Gasteiger partial charge in [0.15, 0.2) is 0 Å². The number of hydrogen-bond donors (Lipinski definition) is 1. The van der Waals surface area contributed by atoms with Crippen molar-refractivity contribution in [1.82, 2.24) is 9.55 Å². The molecule has 3 aromatic rings. The number of fused-ring (bicyclic) bond motifs is 1. The second-order valence-electron chi connectivity index (χ2n) is 4.30. The van der Waals surface area contributed by atoms with Gasteiger partial charge in [-0.2, -0.15) is 0 Å². The van der Waals surface area contributed by atoms with Gasteiger partial charge in [-0.15, -0.1) is 0 Å². The molecule has 0 aliphatic carbocycles. The van der Waals surface area contributed by atoms with Gasteiger partial charge < -0.3 is 10.3 Å². The summed E-state index contributed by atoms with van der Waals surface area (Å²) < 4.78 is 2.14. The molecule has 2 aromatic heterocycles. The molecular weight excluding hydrogens is 222 g/mol. The van der Waals surface area contributed by atoms with Gasteiger partial charge in [-0.3, -0.25) is 0 Å². The maximum atomic E-state index is 5.94. The lowest BCUT2D eigenvalue weighted by Gasteiger charge is -2.18. The number of nitrogens with two attached hydrogens (primary N) is 1. The van der Waals surface area contributed by atoms with Crippen molar-refractivity contribution in [3.05, 3.63) is 66.5 Å². The van der Waals surface area contributed by atoms with E-state index in [1.807, 2.05) is 30.5 Å². The van der Waals surface area contributed by atoms with E-state index in [0.29, 0.717) is 6.54 Å². The maximum absolute atomic E-state index is 5.94. The molecule has 2 heterocycles. The summed E-state index contributed by atoms with van der Waals surface area (Å²) in [5.74, 6) is 0. The van der Waals surface area contributed by atoms with Crippen LogP contribution in [0.4, 0.5) is 0 Å². The Morgan fingerprint density at radius 3 is 2.67 bits per heavy atom. The maximum Gasteiger partial charge on any atom is 0.140 e. The smallest absolute Gasteiger partial charge is 0.140 e. The summed E-state index contributed by atoms with van der Waals surface area (Å²) in [5.41, 5.74) is 8.13. The third-order valence-electron chi connectivity index (χ3n) is 3.22. The van der Waals surface area contributed by atoms with Crippen LogP contribution in [0.15, 0.2) is 60.9 Å². The number of aromatic nitrogens is 2. The average molecular weight is 237 g/mol. The van der Waals surface area contributed by atoms with E-state index in [1.54, 1.807) is 0 Å². The largest absolute Gasteiger partial charge is 0.328 e. The van der Waals surface area contributed by atoms with Crippen LogP contribution >= 0.6 is 0 Å². The molecule has 1 unspecified atom stereocenters. The summed E-state index contributed by atoms with van der Waals surface area (Å²) in [4.78, 5) is 4.44. The first-order valence-electron chi connectivity index (χ1n) is 6.07. The molecule has 0 fully saturated rings. The molecule has 3 heteroatoms. The van der Waals surface area contributed by atoms with Gasteiger partial charge in [0.25, 0.3) is 0 Å². The molecule has 1 atom stereocenters. The number of hydrogen-bond acceptors (Lipinski definition) is 2. The van der Waals surface area contributed by atoms with Crippen LogP contribution in [0, 0.1) is 0 Å². The highest BCUT2D eigenvalue weighted by Crippen LogP contribution is 2.22. The topological polar surface area (TPSA) is 43.8 Å². The second kappa shape index (κ2) is 4.63. The fraction of sp³-hybridized carbons (Fsp3) is 0.133. The van der Waals surface area contributed by atoms with E-state index in [-0.39, 0.29) is 6.04 Å². The van der Waals surface area contributed by atoms with Crippen molar-refractivity contribution in [2.75, 3.05) is 6.54 Å². The van der Waals surface area contributed by atoms with Crippen LogP contribution in [0.2, 0.25) is 0 Å². The predicted octanol–water partition coefficient (Wildman–Crippen LogP) is 2.58. The van der Waals surface area contributed by atoms with Crippen molar-refractivity contribution < 1.29 is 0 Å². The van der Waals surface area contributed by atoms with E-state index in [9.17, 15) is 0 Å². The molecule has 90 valence electrons. The zero-order valence-corrected chi connectivity index (χ0v) is 10.0. The van der Waals surface area contributed by atoms with Crippen LogP contribution in [0.5, 0.6) is 0 Å². The van der Waals surface area contributed by atoms with Crippen LogP contribution in [-0.2, 0) is 0 Å². The molecule has 0 amide bonds. The van der Waals surface area contributed by atoms with Crippen molar-refractivity contribution >= 4 is 11.0 Å². The van der Waals surface area contributed by atoms with Crippen LogP contribution in [0.3, 0.4) is 0 Å². The Morgan fingerprint density at radius 2 is 1.89 bits per heavy atom. The lowest BCUT2D eigenvalue weighted by molar-refractivity contribution is 0.610. The first kappa shape index (κ1) is 11.0. The zero-order chi connectivity index (χ0) is 12.4. The van der Waals surface area contributed by atoms with Gasteiger partial charge >= 0.3 is 0 Å². The average Bonchev–Trinajstić information content (AvgIpc) is 2.85. The van der Waals surface area contributed by atoms with Crippen LogP contribution in [-0.4, -0.2) is 16.1 Å². The minimum atomic E-state index is 0.138. The van der Waals surface area contributed by atoms with Gasteiger partial charge in [-0.1, -0.05) is 30.3 Å². The van der Waals surface area contributed by atoms with Crippen molar-refractivity contribution in [1.29, 1.82) is 0 Å². The van der Waals surface area contributed by atoms with E-state index in [4.69, 9.17) is 5.73 Å². The van der Waals surface area contributed by atoms with Crippen molar-refractivity contribution in [3.63, 3.8) is 0 Å². The lowest BCUT2D eigenvalue weighted by atomic mass is 10.1. The molecule has 3 nitrogen and oxygen atoms in total. The Bertz CT molecular complexity index is 643. The summed E-state index contributed by atoms with van der Waals surface area (Å²) in [7, 11) is 0.